The summed E-state index contributed by atoms with van der Waals surface area (Å²) < 4.78 is 0. The van der Waals surface area contributed by atoms with Crippen LogP contribution >= 0.6 is 0 Å². The van der Waals surface area contributed by atoms with E-state index in [2.05, 4.69) is 66.7 Å². The average Bonchev–Trinajstić information content (AvgIpc) is 2.96. The number of benzene rings is 5. The molecule has 3 heteroatoms. The maximum atomic E-state index is 5.22. The normalized spacial score (nSPS) is 11.3. The molecule has 2 aromatic heterocycles. The van der Waals surface area contributed by atoms with E-state index in [9.17, 15) is 0 Å². The molecule has 168 valence electrons. The first-order valence-corrected chi connectivity index (χ1v) is 12.1. The molecule has 0 radical (unpaired) electrons. The third-order valence-corrected chi connectivity index (χ3v) is 6.64. The van der Waals surface area contributed by atoms with Crippen molar-refractivity contribution in [2.24, 2.45) is 0 Å². The standard InChI is InChI=1S/C33H21N3/c1-3-12-23(13-4-1)30-21-26(31-25-16-8-7-11-22(25)19-20-29(31)34-30)33-32(24-14-5-2-6-15-24)35-27-17-9-10-18-28(27)36-33/h1-21H. The van der Waals surface area contributed by atoms with Crippen LogP contribution in [0.3, 0.4) is 0 Å². The molecule has 0 aliphatic heterocycles. The fraction of sp³-hybridized carbons (Fsp3) is 0. The smallest absolute Gasteiger partial charge is 0.0980 e. The summed E-state index contributed by atoms with van der Waals surface area (Å²) in [6, 6.07) is 43.6. The van der Waals surface area contributed by atoms with Gasteiger partial charge in [0.05, 0.1) is 33.6 Å². The summed E-state index contributed by atoms with van der Waals surface area (Å²) in [5.41, 5.74) is 8.50. The maximum absolute atomic E-state index is 5.22. The number of nitrogens with zero attached hydrogens (tertiary/aromatic N) is 3. The van der Waals surface area contributed by atoms with Gasteiger partial charge >= 0.3 is 0 Å². The molecule has 0 unspecified atom stereocenters. The van der Waals surface area contributed by atoms with Gasteiger partial charge in [0.15, 0.2) is 0 Å². The number of fused-ring (bicyclic) bond motifs is 4. The van der Waals surface area contributed by atoms with E-state index in [4.69, 9.17) is 15.0 Å². The molecule has 0 bridgehead atoms. The summed E-state index contributed by atoms with van der Waals surface area (Å²) in [6.45, 7) is 0. The second-order valence-electron chi connectivity index (χ2n) is 8.88. The monoisotopic (exact) mass is 459 g/mol. The Morgan fingerprint density at radius 3 is 1.78 bits per heavy atom. The molecule has 2 heterocycles. The van der Waals surface area contributed by atoms with Gasteiger partial charge in [0.1, 0.15) is 0 Å². The molecule has 0 N–H and O–H groups in total. The minimum atomic E-state index is 0.862. The van der Waals surface area contributed by atoms with Crippen LogP contribution in [0.25, 0.3) is 66.5 Å². The molecule has 0 amide bonds. The fourth-order valence-corrected chi connectivity index (χ4v) is 4.94. The van der Waals surface area contributed by atoms with Gasteiger partial charge in [-0.1, -0.05) is 103 Å². The molecule has 0 aliphatic carbocycles. The summed E-state index contributed by atoms with van der Waals surface area (Å²) in [6.07, 6.45) is 0. The van der Waals surface area contributed by atoms with Crippen LogP contribution in [0.5, 0.6) is 0 Å². The Labute approximate surface area is 208 Å². The molecule has 0 atom stereocenters. The zero-order chi connectivity index (χ0) is 23.9. The number of aromatic nitrogens is 3. The van der Waals surface area contributed by atoms with Gasteiger partial charge < -0.3 is 0 Å². The van der Waals surface area contributed by atoms with Crippen LogP contribution in [0, 0.1) is 0 Å². The van der Waals surface area contributed by atoms with E-state index in [1.165, 1.54) is 5.39 Å². The van der Waals surface area contributed by atoms with Crippen LogP contribution in [0.15, 0.2) is 127 Å². The van der Waals surface area contributed by atoms with Gasteiger partial charge in [-0.05, 0) is 35.0 Å². The average molecular weight is 460 g/mol. The third-order valence-electron chi connectivity index (χ3n) is 6.64. The van der Waals surface area contributed by atoms with Gasteiger partial charge in [0.2, 0.25) is 0 Å². The van der Waals surface area contributed by atoms with Gasteiger partial charge in [-0.2, -0.15) is 0 Å². The van der Waals surface area contributed by atoms with E-state index in [1.54, 1.807) is 0 Å². The van der Waals surface area contributed by atoms with Gasteiger partial charge in [-0.15, -0.1) is 0 Å². The lowest BCUT2D eigenvalue weighted by Crippen LogP contribution is -1.98. The molecule has 7 aromatic rings. The number of hydrogen-bond acceptors (Lipinski definition) is 3. The van der Waals surface area contributed by atoms with Crippen molar-refractivity contribution in [3.8, 4) is 33.8 Å². The van der Waals surface area contributed by atoms with Crippen molar-refractivity contribution in [1.29, 1.82) is 0 Å². The largest absolute Gasteiger partial charge is 0.248 e. The SMILES string of the molecule is c1ccc(-c2cc(-c3nc4ccccc4nc3-c3ccccc3)c3c(ccc4ccccc43)n2)cc1. The highest BCUT2D eigenvalue weighted by Crippen LogP contribution is 2.39. The zero-order valence-corrected chi connectivity index (χ0v) is 19.5. The van der Waals surface area contributed by atoms with Crippen LogP contribution in [0.2, 0.25) is 0 Å². The molecule has 3 nitrogen and oxygen atoms in total. The molecular weight excluding hydrogens is 438 g/mol. The Morgan fingerprint density at radius 2 is 1.03 bits per heavy atom. The number of rotatable bonds is 3. The van der Waals surface area contributed by atoms with Crippen molar-refractivity contribution in [1.82, 2.24) is 15.0 Å². The van der Waals surface area contributed by atoms with E-state index in [0.717, 1.165) is 61.1 Å². The predicted octanol–water partition coefficient (Wildman–Crippen LogP) is 8.33. The molecule has 0 fully saturated rings. The first-order valence-electron chi connectivity index (χ1n) is 12.1. The van der Waals surface area contributed by atoms with E-state index < -0.39 is 0 Å². The van der Waals surface area contributed by atoms with Gasteiger partial charge in [0, 0.05) is 22.1 Å². The maximum Gasteiger partial charge on any atom is 0.0980 e. The highest BCUT2D eigenvalue weighted by atomic mass is 14.8. The number of para-hydroxylation sites is 2. The van der Waals surface area contributed by atoms with Crippen molar-refractivity contribution in [3.05, 3.63) is 127 Å². The lowest BCUT2D eigenvalue weighted by atomic mass is 9.94. The number of hydrogen-bond donors (Lipinski definition) is 0. The van der Waals surface area contributed by atoms with Gasteiger partial charge in [-0.3, -0.25) is 0 Å². The summed E-state index contributed by atoms with van der Waals surface area (Å²) in [5, 5.41) is 3.43. The van der Waals surface area contributed by atoms with Crippen LogP contribution in [0.1, 0.15) is 0 Å². The van der Waals surface area contributed by atoms with E-state index >= 15 is 0 Å². The van der Waals surface area contributed by atoms with Crippen molar-refractivity contribution in [3.63, 3.8) is 0 Å². The van der Waals surface area contributed by atoms with Crippen molar-refractivity contribution in [2.45, 2.75) is 0 Å². The second kappa shape index (κ2) is 8.40. The lowest BCUT2D eigenvalue weighted by Gasteiger charge is -2.15. The molecule has 5 aromatic carbocycles. The van der Waals surface area contributed by atoms with Crippen molar-refractivity contribution in [2.75, 3.05) is 0 Å². The molecule has 0 saturated heterocycles. The highest BCUT2D eigenvalue weighted by Gasteiger charge is 2.19. The first kappa shape index (κ1) is 20.5. The molecule has 7 rings (SSSR count). The minimum absolute atomic E-state index is 0.862. The Hall–Kier alpha value is -4.89. The summed E-state index contributed by atoms with van der Waals surface area (Å²) in [4.78, 5) is 15.4. The summed E-state index contributed by atoms with van der Waals surface area (Å²) in [5.74, 6) is 0. The first-order chi connectivity index (χ1) is 17.8. The quantitative estimate of drug-likeness (QED) is 0.249. The van der Waals surface area contributed by atoms with Crippen LogP contribution in [-0.4, -0.2) is 15.0 Å². The highest BCUT2D eigenvalue weighted by molar-refractivity contribution is 6.14. The van der Waals surface area contributed by atoms with E-state index in [-0.39, 0.29) is 0 Å². The number of pyridine rings is 1. The summed E-state index contributed by atoms with van der Waals surface area (Å²) >= 11 is 0. The zero-order valence-electron chi connectivity index (χ0n) is 19.5. The van der Waals surface area contributed by atoms with Crippen LogP contribution in [0.4, 0.5) is 0 Å². The Bertz CT molecular complexity index is 1880. The predicted molar refractivity (Wildman–Crippen MR) is 149 cm³/mol. The van der Waals surface area contributed by atoms with Gasteiger partial charge in [0.25, 0.3) is 0 Å². The molecule has 0 saturated carbocycles. The topological polar surface area (TPSA) is 38.7 Å². The van der Waals surface area contributed by atoms with Crippen molar-refractivity contribution >= 4 is 32.7 Å². The lowest BCUT2D eigenvalue weighted by molar-refractivity contribution is 1.29. The van der Waals surface area contributed by atoms with E-state index in [1.807, 2.05) is 60.7 Å². The van der Waals surface area contributed by atoms with Crippen LogP contribution in [-0.2, 0) is 0 Å². The van der Waals surface area contributed by atoms with Crippen molar-refractivity contribution < 1.29 is 0 Å². The summed E-state index contributed by atoms with van der Waals surface area (Å²) in [7, 11) is 0. The third kappa shape index (κ3) is 3.41. The Kier molecular flexibility index (Phi) is 4.78. The van der Waals surface area contributed by atoms with Gasteiger partial charge in [-0.25, -0.2) is 15.0 Å². The molecule has 0 aliphatic rings. The second-order valence-corrected chi connectivity index (χ2v) is 8.88. The minimum Gasteiger partial charge on any atom is -0.248 e. The Balaban J connectivity index is 1.65. The Morgan fingerprint density at radius 1 is 0.417 bits per heavy atom. The molecule has 0 spiro atoms. The fourth-order valence-electron chi connectivity index (χ4n) is 4.94. The van der Waals surface area contributed by atoms with E-state index in [0.29, 0.717) is 0 Å². The van der Waals surface area contributed by atoms with Crippen LogP contribution < -0.4 is 0 Å². The molecule has 36 heavy (non-hydrogen) atoms. The molecular formula is C33H21N3.